The monoisotopic (exact) mass is 205 g/mol. The molecule has 1 aromatic carbocycles. The molecule has 0 amide bonds. The van der Waals surface area contributed by atoms with Crippen molar-refractivity contribution in [1.82, 2.24) is 5.32 Å². The molecular weight excluding hydrogens is 186 g/mol. The van der Waals surface area contributed by atoms with E-state index in [1.807, 2.05) is 13.1 Å². The Morgan fingerprint density at radius 1 is 1.47 bits per heavy atom. The molecule has 2 heteroatoms. The molecule has 1 fully saturated rings. The Hall–Kier alpha value is -1.02. The van der Waals surface area contributed by atoms with Gasteiger partial charge in [-0.25, -0.2) is 0 Å². The van der Waals surface area contributed by atoms with Gasteiger partial charge in [0.25, 0.3) is 0 Å². The summed E-state index contributed by atoms with van der Waals surface area (Å²) >= 11 is 0. The largest absolute Gasteiger partial charge is 0.497 e. The maximum absolute atomic E-state index is 5.24. The van der Waals surface area contributed by atoms with Crippen LogP contribution in [-0.4, -0.2) is 14.2 Å². The lowest BCUT2D eigenvalue weighted by molar-refractivity contribution is 0.412. The molecule has 1 aliphatic rings. The first kappa shape index (κ1) is 10.5. The minimum atomic E-state index is 0.479. The number of ether oxygens (including phenoxy) is 1. The standard InChI is InChI=1S/C13H19NO/c1-14-13(8-10-6-7-10)11-4-3-5-12(9-11)15-2/h3-5,9-10,13-14H,6-8H2,1-2H3. The molecule has 1 saturated carbocycles. The number of hydrogen-bond acceptors (Lipinski definition) is 2. The third kappa shape index (κ3) is 2.72. The van der Waals surface area contributed by atoms with Gasteiger partial charge in [-0.15, -0.1) is 0 Å². The van der Waals surface area contributed by atoms with Crippen LogP contribution in [0.5, 0.6) is 5.75 Å². The van der Waals surface area contributed by atoms with E-state index in [-0.39, 0.29) is 0 Å². The van der Waals surface area contributed by atoms with Crippen LogP contribution >= 0.6 is 0 Å². The number of hydrogen-bond donors (Lipinski definition) is 1. The minimum Gasteiger partial charge on any atom is -0.497 e. The summed E-state index contributed by atoms with van der Waals surface area (Å²) in [6.07, 6.45) is 4.06. The van der Waals surface area contributed by atoms with Gasteiger partial charge in [0.05, 0.1) is 7.11 Å². The van der Waals surface area contributed by atoms with Crippen LogP contribution in [0, 0.1) is 5.92 Å². The van der Waals surface area contributed by atoms with Crippen molar-refractivity contribution in [3.63, 3.8) is 0 Å². The summed E-state index contributed by atoms with van der Waals surface area (Å²) in [5.74, 6) is 1.89. The Bertz CT molecular complexity index is 320. The second kappa shape index (κ2) is 4.67. The fourth-order valence-corrected chi connectivity index (χ4v) is 1.97. The molecular formula is C13H19NO. The van der Waals surface area contributed by atoms with Gasteiger partial charge in [0.2, 0.25) is 0 Å². The third-order valence-corrected chi connectivity index (χ3v) is 3.11. The molecule has 2 nitrogen and oxygen atoms in total. The molecule has 0 saturated heterocycles. The van der Waals surface area contributed by atoms with Crippen molar-refractivity contribution < 1.29 is 4.74 Å². The van der Waals surface area contributed by atoms with Crippen LogP contribution in [0.4, 0.5) is 0 Å². The summed E-state index contributed by atoms with van der Waals surface area (Å²) in [5.41, 5.74) is 1.34. The summed E-state index contributed by atoms with van der Waals surface area (Å²) in [6, 6.07) is 8.83. The van der Waals surface area contributed by atoms with E-state index in [0.717, 1.165) is 11.7 Å². The molecule has 1 atom stereocenters. The molecule has 0 heterocycles. The van der Waals surface area contributed by atoms with E-state index in [4.69, 9.17) is 4.74 Å². The lowest BCUT2D eigenvalue weighted by atomic mass is 10.0. The summed E-state index contributed by atoms with van der Waals surface area (Å²) < 4.78 is 5.24. The van der Waals surface area contributed by atoms with Gasteiger partial charge < -0.3 is 10.1 Å². The highest BCUT2D eigenvalue weighted by molar-refractivity contribution is 5.30. The minimum absolute atomic E-state index is 0.479. The van der Waals surface area contributed by atoms with Gasteiger partial charge >= 0.3 is 0 Å². The Morgan fingerprint density at radius 3 is 2.87 bits per heavy atom. The molecule has 2 rings (SSSR count). The van der Waals surface area contributed by atoms with E-state index < -0.39 is 0 Å². The molecule has 0 aromatic heterocycles. The topological polar surface area (TPSA) is 21.3 Å². The molecule has 1 aromatic rings. The summed E-state index contributed by atoms with van der Waals surface area (Å²) in [4.78, 5) is 0. The van der Waals surface area contributed by atoms with Gasteiger partial charge in [0.1, 0.15) is 5.75 Å². The third-order valence-electron chi connectivity index (χ3n) is 3.11. The summed E-state index contributed by atoms with van der Waals surface area (Å²) in [6.45, 7) is 0. The van der Waals surface area contributed by atoms with Crippen LogP contribution in [-0.2, 0) is 0 Å². The van der Waals surface area contributed by atoms with Crippen molar-refractivity contribution in [2.45, 2.75) is 25.3 Å². The smallest absolute Gasteiger partial charge is 0.119 e. The fraction of sp³-hybridized carbons (Fsp3) is 0.538. The van der Waals surface area contributed by atoms with Gasteiger partial charge in [0, 0.05) is 6.04 Å². The SMILES string of the molecule is CNC(CC1CC1)c1cccc(OC)c1. The highest BCUT2D eigenvalue weighted by atomic mass is 16.5. The van der Waals surface area contributed by atoms with Crippen LogP contribution < -0.4 is 10.1 Å². The highest BCUT2D eigenvalue weighted by Gasteiger charge is 2.25. The van der Waals surface area contributed by atoms with Crippen molar-refractivity contribution in [3.8, 4) is 5.75 Å². The molecule has 0 radical (unpaired) electrons. The van der Waals surface area contributed by atoms with Crippen LogP contribution in [0.3, 0.4) is 0 Å². The van der Waals surface area contributed by atoms with Crippen molar-refractivity contribution in [1.29, 1.82) is 0 Å². The Kier molecular flexibility index (Phi) is 3.27. The first-order chi connectivity index (χ1) is 7.33. The number of benzene rings is 1. The van der Waals surface area contributed by atoms with E-state index >= 15 is 0 Å². The Labute approximate surface area is 91.6 Å². The van der Waals surface area contributed by atoms with Crippen LogP contribution in [0.1, 0.15) is 30.9 Å². The Morgan fingerprint density at radius 2 is 2.27 bits per heavy atom. The fourth-order valence-electron chi connectivity index (χ4n) is 1.97. The zero-order chi connectivity index (χ0) is 10.7. The van der Waals surface area contributed by atoms with Gasteiger partial charge in [-0.05, 0) is 37.1 Å². The van der Waals surface area contributed by atoms with Crippen LogP contribution in [0.15, 0.2) is 24.3 Å². The zero-order valence-corrected chi connectivity index (χ0v) is 9.49. The molecule has 0 aliphatic heterocycles. The molecule has 0 bridgehead atoms. The first-order valence-corrected chi connectivity index (χ1v) is 5.64. The maximum Gasteiger partial charge on any atom is 0.119 e. The predicted molar refractivity (Wildman–Crippen MR) is 62.1 cm³/mol. The zero-order valence-electron chi connectivity index (χ0n) is 9.49. The highest BCUT2D eigenvalue weighted by Crippen LogP contribution is 2.37. The first-order valence-electron chi connectivity index (χ1n) is 5.64. The van der Waals surface area contributed by atoms with E-state index in [1.165, 1.54) is 24.8 Å². The molecule has 1 aliphatic carbocycles. The lowest BCUT2D eigenvalue weighted by Crippen LogP contribution is -2.16. The quantitative estimate of drug-likeness (QED) is 0.798. The summed E-state index contributed by atoms with van der Waals surface area (Å²) in [7, 11) is 3.75. The average molecular weight is 205 g/mol. The Balaban J connectivity index is 2.09. The number of nitrogens with one attached hydrogen (secondary N) is 1. The van der Waals surface area contributed by atoms with E-state index in [1.54, 1.807) is 7.11 Å². The van der Waals surface area contributed by atoms with Gasteiger partial charge in [-0.2, -0.15) is 0 Å². The van der Waals surface area contributed by atoms with Crippen molar-refractivity contribution in [2.75, 3.05) is 14.2 Å². The van der Waals surface area contributed by atoms with Crippen LogP contribution in [0.25, 0.3) is 0 Å². The van der Waals surface area contributed by atoms with Crippen molar-refractivity contribution in [3.05, 3.63) is 29.8 Å². The lowest BCUT2D eigenvalue weighted by Gasteiger charge is -2.16. The van der Waals surface area contributed by atoms with Gasteiger partial charge in [-0.3, -0.25) is 0 Å². The molecule has 1 unspecified atom stereocenters. The van der Waals surface area contributed by atoms with E-state index in [9.17, 15) is 0 Å². The van der Waals surface area contributed by atoms with E-state index in [0.29, 0.717) is 6.04 Å². The van der Waals surface area contributed by atoms with Crippen LogP contribution in [0.2, 0.25) is 0 Å². The molecule has 82 valence electrons. The maximum atomic E-state index is 5.24. The molecule has 15 heavy (non-hydrogen) atoms. The second-order valence-electron chi connectivity index (χ2n) is 4.30. The number of methoxy groups -OCH3 is 1. The van der Waals surface area contributed by atoms with Gasteiger partial charge in [0.15, 0.2) is 0 Å². The molecule has 0 spiro atoms. The second-order valence-corrected chi connectivity index (χ2v) is 4.30. The number of rotatable bonds is 5. The molecule has 1 N–H and O–H groups in total. The normalized spacial score (nSPS) is 17.5. The average Bonchev–Trinajstić information content (AvgIpc) is 3.10. The van der Waals surface area contributed by atoms with E-state index in [2.05, 4.69) is 23.5 Å². The summed E-state index contributed by atoms with van der Waals surface area (Å²) in [5, 5.41) is 3.39. The van der Waals surface area contributed by atoms with Gasteiger partial charge in [-0.1, -0.05) is 25.0 Å². The van der Waals surface area contributed by atoms with Crippen molar-refractivity contribution >= 4 is 0 Å². The predicted octanol–water partition coefficient (Wildman–Crippen LogP) is 2.76. The van der Waals surface area contributed by atoms with Crippen molar-refractivity contribution in [2.24, 2.45) is 5.92 Å².